The van der Waals surface area contributed by atoms with Crippen molar-refractivity contribution in [3.8, 4) is 5.69 Å². The monoisotopic (exact) mass is 479 g/mol. The van der Waals surface area contributed by atoms with Crippen molar-refractivity contribution in [3.63, 3.8) is 0 Å². The van der Waals surface area contributed by atoms with Crippen LogP contribution in [0.1, 0.15) is 40.5 Å². The number of nitrogens with one attached hydrogen (secondary N) is 2. The predicted octanol–water partition coefficient (Wildman–Crippen LogP) is 3.01. The summed E-state index contributed by atoms with van der Waals surface area (Å²) in [5.41, 5.74) is 1.71. The number of anilines is 1. The Hall–Kier alpha value is -4.03. The van der Waals surface area contributed by atoms with Gasteiger partial charge in [0.1, 0.15) is 0 Å². The SMILES string of the molecule is CCC(CNc1ncc(C(F)(F)F)cn1)NC(=O)c1ncc(C)c(C)c1-n1cccn1.O=CO. The predicted molar refractivity (Wildman–Crippen MR) is 117 cm³/mol. The van der Waals surface area contributed by atoms with Crippen molar-refractivity contribution in [3.05, 3.63) is 59.4 Å². The number of aromatic nitrogens is 5. The third kappa shape index (κ3) is 6.73. The first kappa shape index (κ1) is 26.2. The zero-order chi connectivity index (χ0) is 25.3. The highest BCUT2D eigenvalue weighted by atomic mass is 19.4. The van der Waals surface area contributed by atoms with Crippen molar-refractivity contribution in [2.24, 2.45) is 0 Å². The topological polar surface area (TPSA) is 135 Å². The van der Waals surface area contributed by atoms with Crippen LogP contribution in [0.15, 0.2) is 37.1 Å². The van der Waals surface area contributed by atoms with Gasteiger partial charge in [-0.15, -0.1) is 0 Å². The van der Waals surface area contributed by atoms with Crippen LogP contribution in [-0.2, 0) is 11.0 Å². The van der Waals surface area contributed by atoms with E-state index in [4.69, 9.17) is 9.90 Å². The lowest BCUT2D eigenvalue weighted by Crippen LogP contribution is -2.40. The van der Waals surface area contributed by atoms with Crippen molar-refractivity contribution in [1.29, 1.82) is 0 Å². The number of carbonyl (C=O) groups excluding carboxylic acids is 1. The van der Waals surface area contributed by atoms with Gasteiger partial charge in [-0.3, -0.25) is 9.59 Å². The number of carbonyl (C=O) groups is 2. The molecule has 0 bridgehead atoms. The summed E-state index contributed by atoms with van der Waals surface area (Å²) in [6.07, 6.45) is 2.49. The number of aryl methyl sites for hydroxylation is 1. The van der Waals surface area contributed by atoms with Gasteiger partial charge in [0.25, 0.3) is 12.4 Å². The van der Waals surface area contributed by atoms with Crippen LogP contribution in [0.25, 0.3) is 5.69 Å². The van der Waals surface area contributed by atoms with Gasteiger partial charge < -0.3 is 15.7 Å². The minimum atomic E-state index is -4.50. The summed E-state index contributed by atoms with van der Waals surface area (Å²) in [6, 6.07) is 1.43. The molecule has 3 aromatic heterocycles. The summed E-state index contributed by atoms with van der Waals surface area (Å²) >= 11 is 0. The summed E-state index contributed by atoms with van der Waals surface area (Å²) in [6.45, 7) is 5.66. The number of alkyl halides is 3. The van der Waals surface area contributed by atoms with Crippen LogP contribution >= 0.6 is 0 Å². The van der Waals surface area contributed by atoms with E-state index in [1.54, 1.807) is 29.3 Å². The fourth-order valence-electron chi connectivity index (χ4n) is 2.86. The van der Waals surface area contributed by atoms with Gasteiger partial charge in [0.2, 0.25) is 5.95 Å². The van der Waals surface area contributed by atoms with Crippen LogP contribution in [0.4, 0.5) is 19.1 Å². The number of hydrogen-bond donors (Lipinski definition) is 3. The highest BCUT2D eigenvalue weighted by molar-refractivity contribution is 5.96. The minimum absolute atomic E-state index is 0.0437. The van der Waals surface area contributed by atoms with Crippen LogP contribution in [0.5, 0.6) is 0 Å². The Kier molecular flexibility index (Phi) is 9.04. The van der Waals surface area contributed by atoms with Gasteiger partial charge in [-0.2, -0.15) is 18.3 Å². The van der Waals surface area contributed by atoms with Crippen LogP contribution in [-0.4, -0.2) is 54.8 Å². The number of pyridine rings is 1. The van der Waals surface area contributed by atoms with E-state index in [-0.39, 0.29) is 36.6 Å². The molecule has 0 aliphatic rings. The van der Waals surface area contributed by atoms with E-state index in [1.165, 1.54) is 0 Å². The summed E-state index contributed by atoms with van der Waals surface area (Å²) in [4.78, 5) is 33.0. The van der Waals surface area contributed by atoms with Gasteiger partial charge in [-0.05, 0) is 37.5 Å². The molecule has 0 fully saturated rings. The van der Waals surface area contributed by atoms with Gasteiger partial charge in [0.05, 0.1) is 11.3 Å². The van der Waals surface area contributed by atoms with Crippen molar-refractivity contribution >= 4 is 18.3 Å². The van der Waals surface area contributed by atoms with Crippen molar-refractivity contribution in [1.82, 2.24) is 30.0 Å². The van der Waals surface area contributed by atoms with E-state index in [2.05, 4.69) is 30.7 Å². The summed E-state index contributed by atoms with van der Waals surface area (Å²) in [5, 5.41) is 16.9. The Morgan fingerprint density at radius 3 is 2.38 bits per heavy atom. The van der Waals surface area contributed by atoms with Crippen LogP contribution in [0.2, 0.25) is 0 Å². The summed E-state index contributed by atoms with van der Waals surface area (Å²) in [5.74, 6) is -0.335. The molecule has 1 atom stereocenters. The number of rotatable bonds is 7. The first-order valence-electron chi connectivity index (χ1n) is 10.1. The second kappa shape index (κ2) is 11.7. The molecule has 3 rings (SSSR count). The normalized spacial score (nSPS) is 11.7. The lowest BCUT2D eigenvalue weighted by Gasteiger charge is -2.19. The third-order valence-corrected chi connectivity index (χ3v) is 4.82. The van der Waals surface area contributed by atoms with Gasteiger partial charge in [0.15, 0.2) is 5.69 Å². The fourth-order valence-corrected chi connectivity index (χ4v) is 2.86. The quantitative estimate of drug-likeness (QED) is 0.440. The summed E-state index contributed by atoms with van der Waals surface area (Å²) in [7, 11) is 0. The zero-order valence-electron chi connectivity index (χ0n) is 18.7. The molecule has 10 nitrogen and oxygen atoms in total. The molecule has 0 spiro atoms. The molecule has 182 valence electrons. The van der Waals surface area contributed by atoms with Crippen LogP contribution in [0.3, 0.4) is 0 Å². The maximum atomic E-state index is 13.0. The molecule has 34 heavy (non-hydrogen) atoms. The maximum Gasteiger partial charge on any atom is 0.419 e. The first-order chi connectivity index (χ1) is 16.1. The lowest BCUT2D eigenvalue weighted by molar-refractivity contribution is -0.138. The number of hydrogen-bond acceptors (Lipinski definition) is 7. The Labute approximate surface area is 193 Å². The Morgan fingerprint density at radius 2 is 1.85 bits per heavy atom. The van der Waals surface area contributed by atoms with Gasteiger partial charge in [-0.25, -0.2) is 19.6 Å². The Balaban J connectivity index is 0.00000129. The molecule has 0 aromatic carbocycles. The largest absolute Gasteiger partial charge is 0.483 e. The second-order valence-corrected chi connectivity index (χ2v) is 7.07. The molecular weight excluding hydrogens is 455 g/mol. The second-order valence-electron chi connectivity index (χ2n) is 7.07. The molecule has 0 saturated heterocycles. The van der Waals surface area contributed by atoms with Gasteiger partial charge >= 0.3 is 6.18 Å². The van der Waals surface area contributed by atoms with E-state index in [0.29, 0.717) is 24.5 Å². The standard InChI is InChI=1S/C20H22F3N7O.CH2O2/c1-4-15(11-27-19-25-9-14(10-26-19)20(21,22)23)29-18(31)16-17(30-7-5-6-28-30)13(3)12(2)8-24-16;2-1-3/h5-10,15H,4,11H2,1-3H3,(H,29,31)(H,25,26,27);1H,(H,2,3). The molecule has 0 radical (unpaired) electrons. The number of amides is 1. The van der Waals surface area contributed by atoms with Crippen molar-refractivity contribution < 1.29 is 27.9 Å². The molecule has 1 unspecified atom stereocenters. The molecule has 13 heteroatoms. The Morgan fingerprint density at radius 1 is 1.21 bits per heavy atom. The van der Waals surface area contributed by atoms with E-state index in [9.17, 15) is 18.0 Å². The first-order valence-corrected chi connectivity index (χ1v) is 10.1. The van der Waals surface area contributed by atoms with E-state index < -0.39 is 11.7 Å². The van der Waals surface area contributed by atoms with Crippen molar-refractivity contribution in [2.75, 3.05) is 11.9 Å². The van der Waals surface area contributed by atoms with E-state index in [0.717, 1.165) is 11.1 Å². The average molecular weight is 479 g/mol. The zero-order valence-corrected chi connectivity index (χ0v) is 18.7. The fraction of sp³-hybridized carbons (Fsp3) is 0.333. The molecule has 3 aromatic rings. The average Bonchev–Trinajstić information content (AvgIpc) is 3.33. The number of nitrogens with zero attached hydrogens (tertiary/aromatic N) is 5. The van der Waals surface area contributed by atoms with E-state index >= 15 is 0 Å². The van der Waals surface area contributed by atoms with Crippen LogP contribution < -0.4 is 10.6 Å². The maximum absolute atomic E-state index is 13.0. The Bertz CT molecular complexity index is 1090. The van der Waals surface area contributed by atoms with Crippen molar-refractivity contribution in [2.45, 2.75) is 39.4 Å². The molecule has 3 heterocycles. The number of carboxylic acid groups (broad SMARTS) is 1. The molecular formula is C21H24F3N7O3. The lowest BCUT2D eigenvalue weighted by atomic mass is 10.1. The van der Waals surface area contributed by atoms with Gasteiger partial charge in [-0.1, -0.05) is 6.92 Å². The number of halogens is 3. The van der Waals surface area contributed by atoms with Gasteiger partial charge in [0, 0.05) is 43.6 Å². The highest BCUT2D eigenvalue weighted by Crippen LogP contribution is 2.28. The smallest absolute Gasteiger partial charge is 0.419 e. The van der Waals surface area contributed by atoms with Crippen LogP contribution in [0, 0.1) is 13.8 Å². The molecule has 1 amide bonds. The summed E-state index contributed by atoms with van der Waals surface area (Å²) < 4.78 is 39.5. The molecule has 0 aliphatic heterocycles. The highest BCUT2D eigenvalue weighted by Gasteiger charge is 2.31. The molecule has 3 N–H and O–H groups in total. The molecule has 0 aliphatic carbocycles. The minimum Gasteiger partial charge on any atom is -0.483 e. The third-order valence-electron chi connectivity index (χ3n) is 4.82. The van der Waals surface area contributed by atoms with E-state index in [1.807, 2.05) is 20.8 Å². The molecule has 0 saturated carbocycles.